The van der Waals surface area contributed by atoms with E-state index in [-0.39, 0.29) is 0 Å². The summed E-state index contributed by atoms with van der Waals surface area (Å²) in [6.45, 7) is 3.06. The molecule has 0 N–H and O–H groups in total. The van der Waals surface area contributed by atoms with Crippen molar-refractivity contribution in [2.45, 2.75) is 37.1 Å². The van der Waals surface area contributed by atoms with Crippen molar-refractivity contribution in [3.05, 3.63) is 64.3 Å². The van der Waals surface area contributed by atoms with Crippen LogP contribution in [0.5, 0.6) is 0 Å². The van der Waals surface area contributed by atoms with Crippen molar-refractivity contribution < 1.29 is 8.42 Å². The van der Waals surface area contributed by atoms with Crippen LogP contribution in [0.4, 0.5) is 0 Å². The molecule has 1 aromatic heterocycles. The lowest BCUT2D eigenvalue weighted by Crippen LogP contribution is -2.26. The van der Waals surface area contributed by atoms with Gasteiger partial charge in [-0.05, 0) is 75.7 Å². The third-order valence-electron chi connectivity index (χ3n) is 5.52. The largest absolute Gasteiger partial charge is 0.303 e. The first-order chi connectivity index (χ1) is 12.9. The van der Waals surface area contributed by atoms with Crippen molar-refractivity contribution in [2.24, 2.45) is 0 Å². The molecule has 0 aliphatic carbocycles. The summed E-state index contributed by atoms with van der Waals surface area (Å²) in [4.78, 5) is 2.69. The van der Waals surface area contributed by atoms with E-state index in [1.807, 2.05) is 43.5 Å². The van der Waals surface area contributed by atoms with Crippen LogP contribution in [0.3, 0.4) is 0 Å². The highest BCUT2D eigenvalue weighted by Gasteiger charge is 2.25. The summed E-state index contributed by atoms with van der Waals surface area (Å²) in [6.07, 6.45) is 5.03. The van der Waals surface area contributed by atoms with Gasteiger partial charge in [-0.3, -0.25) is 0 Å². The summed E-state index contributed by atoms with van der Waals surface area (Å²) in [5.74, 6) is 0. The van der Waals surface area contributed by atoms with E-state index in [4.69, 9.17) is 0 Å². The number of aryl methyl sites for hydroxylation is 1. The summed E-state index contributed by atoms with van der Waals surface area (Å²) < 4.78 is 29.0. The van der Waals surface area contributed by atoms with Gasteiger partial charge in [0.25, 0.3) is 10.0 Å². The number of hydrogen-bond acceptors (Lipinski definition) is 3. The van der Waals surface area contributed by atoms with Gasteiger partial charge in [-0.2, -0.15) is 0 Å². The van der Waals surface area contributed by atoms with Crippen LogP contribution in [0.25, 0.3) is 10.9 Å². The average Bonchev–Trinajstić information content (AvgIpc) is 3.20. The van der Waals surface area contributed by atoms with Gasteiger partial charge in [0.2, 0.25) is 0 Å². The average molecular weight is 447 g/mol. The Morgan fingerprint density at radius 3 is 2.56 bits per heavy atom. The summed E-state index contributed by atoms with van der Waals surface area (Å²) in [5, 5.41) is 1.00. The molecular weight excluding hydrogens is 424 g/mol. The van der Waals surface area contributed by atoms with Crippen LogP contribution in [0.15, 0.2) is 58.0 Å². The van der Waals surface area contributed by atoms with Crippen LogP contribution >= 0.6 is 15.9 Å². The Morgan fingerprint density at radius 1 is 1.15 bits per heavy atom. The molecule has 6 heteroatoms. The van der Waals surface area contributed by atoms with Crippen LogP contribution in [-0.4, -0.2) is 36.9 Å². The molecule has 0 radical (unpaired) electrons. The summed E-state index contributed by atoms with van der Waals surface area (Å²) in [6, 6.07) is 13.3. The fourth-order valence-corrected chi connectivity index (χ4v) is 5.67. The van der Waals surface area contributed by atoms with E-state index in [0.717, 1.165) is 45.9 Å². The highest BCUT2D eigenvalue weighted by molar-refractivity contribution is 9.10. The molecule has 27 heavy (non-hydrogen) atoms. The monoisotopic (exact) mass is 446 g/mol. The minimum Gasteiger partial charge on any atom is -0.303 e. The number of benzene rings is 2. The lowest BCUT2D eigenvalue weighted by molar-refractivity contribution is 0.310. The normalized spacial score (nSPS) is 18.4. The minimum absolute atomic E-state index is 0.317. The zero-order valence-corrected chi connectivity index (χ0v) is 17.9. The first kappa shape index (κ1) is 18.7. The van der Waals surface area contributed by atoms with Crippen LogP contribution in [0.1, 0.15) is 24.0 Å². The Balaban J connectivity index is 1.84. The van der Waals surface area contributed by atoms with E-state index in [1.165, 1.54) is 10.4 Å². The lowest BCUT2D eigenvalue weighted by atomic mass is 10.0. The summed E-state index contributed by atoms with van der Waals surface area (Å²) in [5.41, 5.74) is 2.86. The number of halogens is 1. The van der Waals surface area contributed by atoms with Crippen LogP contribution < -0.4 is 0 Å². The highest BCUT2D eigenvalue weighted by Crippen LogP contribution is 2.31. The molecule has 1 atom stereocenters. The maximum absolute atomic E-state index is 13.3. The highest BCUT2D eigenvalue weighted by atomic mass is 79.9. The molecule has 1 fully saturated rings. The van der Waals surface area contributed by atoms with Crippen molar-refractivity contribution >= 4 is 36.9 Å². The summed E-state index contributed by atoms with van der Waals surface area (Å²) >= 11 is 3.53. The second-order valence-corrected chi connectivity index (χ2v) is 10.1. The molecule has 142 valence electrons. The Kier molecular flexibility index (Phi) is 4.91. The Morgan fingerprint density at radius 2 is 1.89 bits per heavy atom. The molecular formula is C21H23BrN2O2S. The van der Waals surface area contributed by atoms with Crippen molar-refractivity contribution in [1.29, 1.82) is 0 Å². The quantitative estimate of drug-likeness (QED) is 0.588. The molecule has 0 spiro atoms. The van der Waals surface area contributed by atoms with Crippen LogP contribution in [0, 0.1) is 6.92 Å². The predicted molar refractivity (Wildman–Crippen MR) is 113 cm³/mol. The first-order valence-corrected chi connectivity index (χ1v) is 11.4. The summed E-state index contributed by atoms with van der Waals surface area (Å²) in [7, 11) is -1.49. The van der Waals surface area contributed by atoms with Crippen molar-refractivity contribution in [1.82, 2.24) is 8.87 Å². The van der Waals surface area contributed by atoms with E-state index in [2.05, 4.69) is 27.9 Å². The molecule has 4 rings (SSSR count). The molecule has 0 bridgehead atoms. The SMILES string of the molecule is Cc1ccc(S(=O)(=O)n2cc(CC3CCCN3C)c3cc(Br)ccc32)cc1. The molecule has 1 aliphatic rings. The number of likely N-dealkylation sites (tertiary alicyclic amines) is 1. The Hall–Kier alpha value is -1.63. The van der Waals surface area contributed by atoms with Gasteiger partial charge in [-0.1, -0.05) is 33.6 Å². The first-order valence-electron chi connectivity index (χ1n) is 9.18. The molecule has 4 nitrogen and oxygen atoms in total. The van der Waals surface area contributed by atoms with Crippen LogP contribution in [-0.2, 0) is 16.4 Å². The van der Waals surface area contributed by atoms with Crippen molar-refractivity contribution in [3.63, 3.8) is 0 Å². The number of fused-ring (bicyclic) bond motifs is 1. The number of hydrogen-bond donors (Lipinski definition) is 0. The Labute approximate surface area is 169 Å². The smallest absolute Gasteiger partial charge is 0.268 e. The number of nitrogens with zero attached hydrogens (tertiary/aromatic N) is 2. The standard InChI is InChI=1S/C21H23BrN2O2S/c1-15-5-8-19(9-6-15)27(25,26)24-14-16(12-18-4-3-11-23(18)2)20-13-17(22)7-10-21(20)24/h5-10,13-14,18H,3-4,11-12H2,1-2H3. The van der Waals surface area contributed by atoms with Gasteiger partial charge >= 0.3 is 0 Å². The van der Waals surface area contributed by atoms with Gasteiger partial charge in [0.05, 0.1) is 10.4 Å². The molecule has 2 heterocycles. The van der Waals surface area contributed by atoms with Gasteiger partial charge in [0.1, 0.15) is 0 Å². The van der Waals surface area contributed by atoms with Gasteiger partial charge in [0.15, 0.2) is 0 Å². The third-order valence-corrected chi connectivity index (χ3v) is 7.70. The minimum atomic E-state index is -3.63. The maximum atomic E-state index is 13.3. The number of rotatable bonds is 4. The van der Waals surface area contributed by atoms with E-state index in [0.29, 0.717) is 10.9 Å². The maximum Gasteiger partial charge on any atom is 0.268 e. The molecule has 3 aromatic rings. The molecule has 1 unspecified atom stereocenters. The van der Waals surface area contributed by atoms with E-state index < -0.39 is 10.0 Å². The van der Waals surface area contributed by atoms with Crippen molar-refractivity contribution in [2.75, 3.05) is 13.6 Å². The number of likely N-dealkylation sites (N-methyl/N-ethyl adjacent to an activating group) is 1. The second kappa shape index (κ2) is 7.08. The lowest BCUT2D eigenvalue weighted by Gasteiger charge is -2.18. The topological polar surface area (TPSA) is 42.3 Å². The van der Waals surface area contributed by atoms with Gasteiger partial charge in [-0.25, -0.2) is 12.4 Å². The Bertz CT molecular complexity index is 1090. The van der Waals surface area contributed by atoms with Gasteiger partial charge < -0.3 is 4.90 Å². The van der Waals surface area contributed by atoms with Crippen molar-refractivity contribution in [3.8, 4) is 0 Å². The number of aromatic nitrogens is 1. The molecule has 0 saturated carbocycles. The zero-order valence-electron chi connectivity index (χ0n) is 15.5. The zero-order chi connectivity index (χ0) is 19.2. The molecule has 2 aromatic carbocycles. The molecule has 0 amide bonds. The molecule has 1 saturated heterocycles. The molecule has 1 aliphatic heterocycles. The fraction of sp³-hybridized carbons (Fsp3) is 0.333. The van der Waals surface area contributed by atoms with Gasteiger partial charge in [-0.15, -0.1) is 0 Å². The van der Waals surface area contributed by atoms with E-state index in [9.17, 15) is 8.42 Å². The van der Waals surface area contributed by atoms with Gasteiger partial charge in [0, 0.05) is 22.1 Å². The van der Waals surface area contributed by atoms with E-state index in [1.54, 1.807) is 12.1 Å². The van der Waals surface area contributed by atoms with Crippen LogP contribution in [0.2, 0.25) is 0 Å². The fourth-order valence-electron chi connectivity index (χ4n) is 3.91. The third kappa shape index (κ3) is 3.46. The second-order valence-electron chi connectivity index (χ2n) is 7.41. The van der Waals surface area contributed by atoms with E-state index >= 15 is 0 Å². The predicted octanol–water partition coefficient (Wildman–Crippen LogP) is 4.59.